The summed E-state index contributed by atoms with van der Waals surface area (Å²) in [5, 5.41) is 13.8. The molecule has 2 N–H and O–H groups in total. The molecule has 7 heteroatoms. The fourth-order valence-corrected chi connectivity index (χ4v) is 2.87. The summed E-state index contributed by atoms with van der Waals surface area (Å²) in [7, 11) is 3.41. The van der Waals surface area contributed by atoms with Crippen molar-refractivity contribution in [3.05, 3.63) is 63.7 Å². The van der Waals surface area contributed by atoms with E-state index in [2.05, 4.69) is 43.4 Å². The molecule has 28 heavy (non-hydrogen) atoms. The lowest BCUT2D eigenvalue weighted by Gasteiger charge is -2.22. The highest BCUT2D eigenvalue weighted by Gasteiger charge is 2.24. The zero-order chi connectivity index (χ0) is 20.8. The molecule has 0 fully saturated rings. The highest BCUT2D eigenvalue weighted by Crippen LogP contribution is 2.28. The monoisotopic (exact) mass is 386 g/mol. The van der Waals surface area contributed by atoms with Crippen molar-refractivity contribution in [2.75, 3.05) is 19.5 Å². The molecule has 2 rings (SSSR count). The third-order valence-electron chi connectivity index (χ3n) is 4.91. The van der Waals surface area contributed by atoms with Gasteiger partial charge in [-0.1, -0.05) is 38.1 Å². The first kappa shape index (κ1) is 21.4. The van der Waals surface area contributed by atoms with E-state index < -0.39 is 4.92 Å². The Morgan fingerprint density at radius 2 is 1.82 bits per heavy atom. The number of quaternary nitrogens is 1. The van der Waals surface area contributed by atoms with Gasteiger partial charge in [0.25, 0.3) is 11.6 Å². The molecular formula is C21H28N3O4+. The first-order chi connectivity index (χ1) is 13.2. The van der Waals surface area contributed by atoms with Crippen LogP contribution in [0.1, 0.15) is 37.8 Å². The van der Waals surface area contributed by atoms with Gasteiger partial charge in [0.05, 0.1) is 24.8 Å². The van der Waals surface area contributed by atoms with Crippen LogP contribution < -0.4 is 15.0 Å². The number of amides is 1. The molecular weight excluding hydrogens is 358 g/mol. The number of rotatable bonds is 8. The van der Waals surface area contributed by atoms with Crippen LogP contribution in [0.4, 0.5) is 11.4 Å². The van der Waals surface area contributed by atoms with Crippen molar-refractivity contribution in [3.8, 4) is 5.75 Å². The van der Waals surface area contributed by atoms with Crippen LogP contribution in [-0.2, 0) is 11.3 Å². The molecule has 2 aromatic carbocycles. The molecule has 0 spiro atoms. The number of ether oxygens (including phenoxy) is 1. The summed E-state index contributed by atoms with van der Waals surface area (Å²) in [6.07, 6.45) is 0. The average Bonchev–Trinajstić information content (AvgIpc) is 2.67. The summed E-state index contributed by atoms with van der Waals surface area (Å²) < 4.78 is 5.20. The second kappa shape index (κ2) is 9.32. The normalized spacial score (nSPS) is 13.1. The van der Waals surface area contributed by atoms with E-state index in [9.17, 15) is 14.9 Å². The van der Waals surface area contributed by atoms with E-state index in [0.717, 1.165) is 10.5 Å². The zero-order valence-corrected chi connectivity index (χ0v) is 17.0. The van der Waals surface area contributed by atoms with E-state index in [4.69, 9.17) is 4.74 Å². The first-order valence-electron chi connectivity index (χ1n) is 9.27. The number of non-ortho nitro benzene ring substituents is 1. The predicted octanol–water partition coefficient (Wildman–Crippen LogP) is 2.77. The van der Waals surface area contributed by atoms with Gasteiger partial charge in [-0.15, -0.1) is 0 Å². The molecule has 0 heterocycles. The minimum absolute atomic E-state index is 0.102. The van der Waals surface area contributed by atoms with E-state index in [0.29, 0.717) is 23.9 Å². The number of hydrogen-bond donors (Lipinski definition) is 2. The highest BCUT2D eigenvalue weighted by atomic mass is 16.6. The van der Waals surface area contributed by atoms with Crippen molar-refractivity contribution < 1.29 is 19.4 Å². The molecule has 0 saturated heterocycles. The van der Waals surface area contributed by atoms with Crippen LogP contribution in [0, 0.1) is 10.1 Å². The molecule has 1 unspecified atom stereocenters. The van der Waals surface area contributed by atoms with Gasteiger partial charge in [0.15, 0.2) is 6.04 Å². The summed E-state index contributed by atoms with van der Waals surface area (Å²) >= 11 is 0. The Bertz CT molecular complexity index is 834. The predicted molar refractivity (Wildman–Crippen MR) is 109 cm³/mol. The summed E-state index contributed by atoms with van der Waals surface area (Å²) in [5.41, 5.74) is 2.62. The van der Waals surface area contributed by atoms with Gasteiger partial charge in [-0.2, -0.15) is 0 Å². The number of carbonyl (C=O) groups is 1. The SMILES string of the molecule is COc1ccc([N+](=O)[O-])cc1NC(=O)[C@H](C)[NH+](C)Cc1ccc(C(C)C)cc1. The number of hydrogen-bond acceptors (Lipinski definition) is 4. The van der Waals surface area contributed by atoms with Gasteiger partial charge in [-0.25, -0.2) is 0 Å². The minimum Gasteiger partial charge on any atom is -0.495 e. The van der Waals surface area contributed by atoms with Crippen molar-refractivity contribution in [3.63, 3.8) is 0 Å². The van der Waals surface area contributed by atoms with Crippen molar-refractivity contribution in [2.45, 2.75) is 39.3 Å². The minimum atomic E-state index is -0.503. The van der Waals surface area contributed by atoms with E-state index in [1.807, 2.05) is 14.0 Å². The number of nitro groups is 1. The molecule has 0 bridgehead atoms. The summed E-state index contributed by atoms with van der Waals surface area (Å²) in [5.74, 6) is 0.636. The number of carbonyl (C=O) groups excluding carboxylic acids is 1. The molecule has 0 aliphatic carbocycles. The Balaban J connectivity index is 2.07. The highest BCUT2D eigenvalue weighted by molar-refractivity contribution is 5.95. The zero-order valence-electron chi connectivity index (χ0n) is 17.0. The van der Waals surface area contributed by atoms with Crippen molar-refractivity contribution in [1.82, 2.24) is 0 Å². The molecule has 0 radical (unpaired) electrons. The van der Waals surface area contributed by atoms with Crippen molar-refractivity contribution in [1.29, 1.82) is 0 Å². The van der Waals surface area contributed by atoms with Crippen LogP contribution >= 0.6 is 0 Å². The summed E-state index contributed by atoms with van der Waals surface area (Å²) in [4.78, 5) is 24.2. The van der Waals surface area contributed by atoms with E-state index in [1.54, 1.807) is 0 Å². The van der Waals surface area contributed by atoms with Crippen LogP contribution in [0.2, 0.25) is 0 Å². The van der Waals surface area contributed by atoms with Crippen molar-refractivity contribution in [2.24, 2.45) is 0 Å². The van der Waals surface area contributed by atoms with Crippen LogP contribution in [0.15, 0.2) is 42.5 Å². The largest absolute Gasteiger partial charge is 0.495 e. The lowest BCUT2D eigenvalue weighted by atomic mass is 10.0. The van der Waals surface area contributed by atoms with E-state index >= 15 is 0 Å². The van der Waals surface area contributed by atoms with E-state index in [-0.39, 0.29) is 17.6 Å². The van der Waals surface area contributed by atoms with Gasteiger partial charge < -0.3 is 15.0 Å². The molecule has 2 atom stereocenters. The molecule has 150 valence electrons. The van der Waals surface area contributed by atoms with Gasteiger partial charge in [-0.05, 0) is 24.5 Å². The quantitative estimate of drug-likeness (QED) is 0.540. The van der Waals surface area contributed by atoms with Gasteiger partial charge in [0.1, 0.15) is 12.3 Å². The maximum atomic E-state index is 12.7. The lowest BCUT2D eigenvalue weighted by molar-refractivity contribution is -0.907. The Morgan fingerprint density at radius 1 is 1.18 bits per heavy atom. The van der Waals surface area contributed by atoms with Crippen molar-refractivity contribution >= 4 is 17.3 Å². The van der Waals surface area contributed by atoms with E-state index in [1.165, 1.54) is 30.9 Å². The smallest absolute Gasteiger partial charge is 0.282 e. The van der Waals surface area contributed by atoms with Gasteiger partial charge in [0.2, 0.25) is 0 Å². The summed E-state index contributed by atoms with van der Waals surface area (Å²) in [6.45, 7) is 6.83. The first-order valence-corrected chi connectivity index (χ1v) is 9.27. The number of benzene rings is 2. The average molecular weight is 386 g/mol. The number of likely N-dealkylation sites (N-methyl/N-ethyl adjacent to an activating group) is 1. The Labute approximate surface area is 165 Å². The molecule has 0 aromatic heterocycles. The number of nitrogens with one attached hydrogen (secondary N) is 2. The number of nitrogens with zero attached hydrogens (tertiary/aromatic N) is 1. The maximum absolute atomic E-state index is 12.7. The number of anilines is 1. The topological polar surface area (TPSA) is 85.9 Å². The van der Waals surface area contributed by atoms with Crippen LogP contribution in [0.3, 0.4) is 0 Å². The summed E-state index contributed by atoms with van der Waals surface area (Å²) in [6, 6.07) is 12.2. The Kier molecular flexibility index (Phi) is 7.12. The fraction of sp³-hybridized carbons (Fsp3) is 0.381. The molecule has 7 nitrogen and oxygen atoms in total. The van der Waals surface area contributed by atoms with Gasteiger partial charge >= 0.3 is 0 Å². The third kappa shape index (κ3) is 5.29. The standard InChI is InChI=1S/C21H27N3O4/c1-14(2)17-8-6-16(7-9-17)13-23(4)15(3)21(25)22-19-12-18(24(26)27)10-11-20(19)28-5/h6-12,14-15H,13H2,1-5H3,(H,22,25)/p+1/t15-/m0/s1. The fourth-order valence-electron chi connectivity index (χ4n) is 2.87. The van der Waals surface area contributed by atoms with Crippen LogP contribution in [0.25, 0.3) is 0 Å². The van der Waals surface area contributed by atoms with Gasteiger partial charge in [0, 0.05) is 17.7 Å². The molecule has 0 aliphatic heterocycles. The van der Waals surface area contributed by atoms with Crippen LogP contribution in [-0.4, -0.2) is 31.0 Å². The maximum Gasteiger partial charge on any atom is 0.282 e. The number of methoxy groups -OCH3 is 1. The molecule has 0 saturated carbocycles. The second-order valence-electron chi connectivity index (χ2n) is 7.27. The second-order valence-corrected chi connectivity index (χ2v) is 7.27. The Morgan fingerprint density at radius 3 is 2.36 bits per heavy atom. The van der Waals surface area contributed by atoms with Crippen LogP contribution in [0.5, 0.6) is 5.75 Å². The number of nitro benzene ring substituents is 1. The molecule has 1 amide bonds. The molecule has 2 aromatic rings. The lowest BCUT2D eigenvalue weighted by Crippen LogP contribution is -3.12. The van der Waals surface area contributed by atoms with Gasteiger partial charge in [-0.3, -0.25) is 14.9 Å². The Hall–Kier alpha value is -2.93. The molecule has 0 aliphatic rings. The third-order valence-corrected chi connectivity index (χ3v) is 4.91.